The van der Waals surface area contributed by atoms with E-state index in [1.54, 1.807) is 11.0 Å². The summed E-state index contributed by atoms with van der Waals surface area (Å²) in [4.78, 5) is 27.2. The molecule has 2 unspecified atom stereocenters. The van der Waals surface area contributed by atoms with Crippen LogP contribution in [0.25, 0.3) is 11.3 Å². The number of ether oxygens (including phenoxy) is 1. The summed E-state index contributed by atoms with van der Waals surface area (Å²) in [6.45, 7) is 16.2. The first-order valence-electron chi connectivity index (χ1n) is 14.8. The minimum absolute atomic E-state index is 0.294. The van der Waals surface area contributed by atoms with E-state index >= 15 is 0 Å². The van der Waals surface area contributed by atoms with Crippen LogP contribution in [0.3, 0.4) is 0 Å². The number of aryl methyl sites for hydroxylation is 2. The lowest BCUT2D eigenvalue weighted by Crippen LogP contribution is -2.49. The number of carbonyl (C=O) groups excluding carboxylic acids is 1. The maximum absolute atomic E-state index is 13.1. The first-order chi connectivity index (χ1) is 20.3. The number of aliphatic hydroxyl groups is 1. The van der Waals surface area contributed by atoms with Gasteiger partial charge in [0.2, 0.25) is 5.95 Å². The van der Waals surface area contributed by atoms with Gasteiger partial charge in [0.25, 0.3) is 0 Å². The summed E-state index contributed by atoms with van der Waals surface area (Å²) >= 11 is 7.81. The molecule has 1 aliphatic heterocycles. The standard InChI is InChI=1S/C33H44ClN5O3S/c1-21(2)16-27-28(40)20-38(14-15-39(27)32(41)42-33(5,6)7)19-24-12-9-13-25(17-24)43-37-31-35-26(18-29(34)36-31)30-22(3)10-8-11-23(30)4/h8-13,17-18,21,27-28,40H,14-16,19-20H2,1-7H3,(H,35,36,37). The number of aromatic nitrogens is 2. The number of carbonyl (C=O) groups is 1. The van der Waals surface area contributed by atoms with Crippen molar-refractivity contribution < 1.29 is 14.6 Å². The molecule has 1 aromatic heterocycles. The molecule has 1 amide bonds. The molecule has 0 radical (unpaired) electrons. The Hall–Kier alpha value is -2.85. The molecular formula is C33H44ClN5O3S. The first kappa shape index (κ1) is 33.1. The Kier molecular flexibility index (Phi) is 11.0. The maximum Gasteiger partial charge on any atom is 0.410 e. The van der Waals surface area contributed by atoms with Crippen molar-refractivity contribution in [3.05, 3.63) is 70.4 Å². The molecule has 3 aromatic rings. The van der Waals surface area contributed by atoms with Crippen LogP contribution in [0.2, 0.25) is 5.15 Å². The Labute approximate surface area is 265 Å². The number of benzene rings is 2. The summed E-state index contributed by atoms with van der Waals surface area (Å²) < 4.78 is 8.96. The molecule has 4 rings (SSSR count). The van der Waals surface area contributed by atoms with Gasteiger partial charge < -0.3 is 14.7 Å². The van der Waals surface area contributed by atoms with Crippen LogP contribution in [0.1, 0.15) is 57.7 Å². The van der Waals surface area contributed by atoms with E-state index in [1.807, 2.05) is 39.0 Å². The number of halogens is 1. The van der Waals surface area contributed by atoms with Crippen LogP contribution in [0.5, 0.6) is 0 Å². The van der Waals surface area contributed by atoms with Crippen LogP contribution in [-0.2, 0) is 11.3 Å². The fraction of sp³-hybridized carbons (Fsp3) is 0.485. The lowest BCUT2D eigenvalue weighted by molar-refractivity contribution is -0.00437. The molecule has 43 heavy (non-hydrogen) atoms. The molecule has 8 nitrogen and oxygen atoms in total. The smallest absolute Gasteiger partial charge is 0.410 e. The van der Waals surface area contributed by atoms with Gasteiger partial charge in [-0.1, -0.05) is 55.8 Å². The van der Waals surface area contributed by atoms with Gasteiger partial charge in [0.15, 0.2) is 0 Å². The van der Waals surface area contributed by atoms with Gasteiger partial charge in [0, 0.05) is 42.7 Å². The third kappa shape index (κ3) is 9.32. The van der Waals surface area contributed by atoms with E-state index in [-0.39, 0.29) is 12.1 Å². The first-order valence-corrected chi connectivity index (χ1v) is 16.0. The number of amides is 1. The fourth-order valence-electron chi connectivity index (χ4n) is 5.44. The number of anilines is 1. The highest BCUT2D eigenvalue weighted by Crippen LogP contribution is 2.30. The topological polar surface area (TPSA) is 90.8 Å². The predicted octanol–water partition coefficient (Wildman–Crippen LogP) is 7.36. The minimum Gasteiger partial charge on any atom is -0.444 e. The molecule has 1 fully saturated rings. The Morgan fingerprint density at radius 1 is 1.12 bits per heavy atom. The van der Waals surface area contributed by atoms with Crippen molar-refractivity contribution in [1.82, 2.24) is 19.8 Å². The van der Waals surface area contributed by atoms with E-state index < -0.39 is 11.7 Å². The van der Waals surface area contributed by atoms with Gasteiger partial charge in [0.05, 0.1) is 17.8 Å². The van der Waals surface area contributed by atoms with Gasteiger partial charge in [-0.3, -0.25) is 9.62 Å². The minimum atomic E-state index is -0.678. The van der Waals surface area contributed by atoms with Crippen LogP contribution >= 0.6 is 23.5 Å². The van der Waals surface area contributed by atoms with Crippen molar-refractivity contribution in [2.75, 3.05) is 24.4 Å². The zero-order valence-electron chi connectivity index (χ0n) is 26.2. The molecule has 232 valence electrons. The summed E-state index contributed by atoms with van der Waals surface area (Å²) in [5, 5.41) is 11.6. The maximum atomic E-state index is 13.1. The van der Waals surface area contributed by atoms with Crippen molar-refractivity contribution >= 4 is 35.6 Å². The summed E-state index contributed by atoms with van der Waals surface area (Å²) in [7, 11) is 0. The van der Waals surface area contributed by atoms with E-state index in [0.29, 0.717) is 49.6 Å². The zero-order valence-corrected chi connectivity index (χ0v) is 27.8. The van der Waals surface area contributed by atoms with Crippen molar-refractivity contribution in [2.45, 2.75) is 84.1 Å². The van der Waals surface area contributed by atoms with Gasteiger partial charge in [-0.2, -0.15) is 0 Å². The lowest BCUT2D eigenvalue weighted by atomic mass is 9.98. The highest BCUT2D eigenvalue weighted by atomic mass is 35.5. The second kappa shape index (κ2) is 14.3. The molecule has 10 heteroatoms. The Morgan fingerprint density at radius 3 is 2.49 bits per heavy atom. The van der Waals surface area contributed by atoms with Crippen LogP contribution in [-0.4, -0.2) is 68.3 Å². The third-order valence-corrected chi connectivity index (χ3v) is 8.25. The monoisotopic (exact) mass is 625 g/mol. The average molecular weight is 626 g/mol. The molecule has 1 saturated heterocycles. The Balaban J connectivity index is 1.44. The predicted molar refractivity (Wildman–Crippen MR) is 175 cm³/mol. The molecule has 2 atom stereocenters. The molecule has 2 N–H and O–H groups in total. The summed E-state index contributed by atoms with van der Waals surface area (Å²) in [6, 6.07) is 15.9. The molecule has 0 bridgehead atoms. The quantitative estimate of drug-likeness (QED) is 0.198. The van der Waals surface area contributed by atoms with Gasteiger partial charge in [0.1, 0.15) is 10.8 Å². The molecule has 0 saturated carbocycles. The van der Waals surface area contributed by atoms with Crippen LogP contribution in [0.15, 0.2) is 53.4 Å². The normalized spacial score (nSPS) is 18.0. The number of hydrogen-bond donors (Lipinski definition) is 2. The summed E-state index contributed by atoms with van der Waals surface area (Å²) in [5.74, 6) is 0.771. The highest BCUT2D eigenvalue weighted by molar-refractivity contribution is 8.00. The summed E-state index contributed by atoms with van der Waals surface area (Å²) in [6.07, 6.45) is -0.335. The molecular weight excluding hydrogens is 582 g/mol. The van der Waals surface area contributed by atoms with Crippen molar-refractivity contribution in [1.29, 1.82) is 0 Å². The largest absolute Gasteiger partial charge is 0.444 e. The average Bonchev–Trinajstić information content (AvgIpc) is 3.04. The molecule has 2 aromatic carbocycles. The number of β-amino-alcohol motifs (C(OH)–C–C–N with tert-alkyl or cyclic N) is 1. The van der Waals surface area contributed by atoms with Crippen molar-refractivity contribution in [2.24, 2.45) is 5.92 Å². The molecule has 0 spiro atoms. The second-order valence-corrected chi connectivity index (χ2v) is 14.0. The zero-order chi connectivity index (χ0) is 31.3. The number of aliphatic hydroxyl groups excluding tert-OH is 1. The van der Waals surface area contributed by atoms with Gasteiger partial charge in [-0.05, 0) is 87.7 Å². The van der Waals surface area contributed by atoms with E-state index in [1.165, 1.54) is 11.9 Å². The van der Waals surface area contributed by atoms with Gasteiger partial charge >= 0.3 is 6.09 Å². The highest BCUT2D eigenvalue weighted by Gasteiger charge is 2.36. The number of nitrogens with one attached hydrogen (secondary N) is 1. The van der Waals surface area contributed by atoms with E-state index in [9.17, 15) is 9.90 Å². The van der Waals surface area contributed by atoms with Crippen LogP contribution in [0.4, 0.5) is 10.7 Å². The third-order valence-electron chi connectivity index (χ3n) is 7.28. The molecule has 2 heterocycles. The SMILES string of the molecule is Cc1cccc(C)c1-c1cc(Cl)nc(NSc2cccc(CN3CCN(C(=O)OC(C)(C)C)C(CC(C)C)C(O)C3)c2)n1. The number of hydrogen-bond acceptors (Lipinski definition) is 8. The Morgan fingerprint density at radius 2 is 1.81 bits per heavy atom. The number of rotatable bonds is 8. The van der Waals surface area contributed by atoms with Crippen LogP contribution in [0, 0.1) is 19.8 Å². The fourth-order valence-corrected chi connectivity index (χ4v) is 6.28. The Bertz CT molecular complexity index is 1390. The van der Waals surface area contributed by atoms with E-state index in [2.05, 4.69) is 66.6 Å². The van der Waals surface area contributed by atoms with Gasteiger partial charge in [-0.25, -0.2) is 14.8 Å². The van der Waals surface area contributed by atoms with Gasteiger partial charge in [-0.15, -0.1) is 0 Å². The summed E-state index contributed by atoms with van der Waals surface area (Å²) in [5.41, 5.74) is 4.60. The second-order valence-electron chi connectivity index (χ2n) is 12.7. The number of nitrogens with zero attached hydrogens (tertiary/aromatic N) is 4. The lowest BCUT2D eigenvalue weighted by Gasteiger charge is -2.34. The van der Waals surface area contributed by atoms with E-state index in [0.717, 1.165) is 32.8 Å². The molecule has 0 aliphatic carbocycles. The molecule has 1 aliphatic rings. The van der Waals surface area contributed by atoms with E-state index in [4.69, 9.17) is 21.3 Å². The van der Waals surface area contributed by atoms with Crippen LogP contribution < -0.4 is 4.72 Å². The van der Waals surface area contributed by atoms with Crippen molar-refractivity contribution in [3.63, 3.8) is 0 Å². The van der Waals surface area contributed by atoms with Crippen molar-refractivity contribution in [3.8, 4) is 11.3 Å².